The number of carbonyl (C=O) groups is 2. The Morgan fingerprint density at radius 1 is 1.23 bits per heavy atom. The minimum Gasteiger partial charge on any atom is -0.361 e. The highest BCUT2D eigenvalue weighted by Crippen LogP contribution is 2.31. The molecule has 168 valence electrons. The number of hydrogen-bond acceptors (Lipinski definition) is 3. The van der Waals surface area contributed by atoms with Crippen LogP contribution in [0.25, 0.3) is 10.9 Å². The number of fused-ring (bicyclic) bond motifs is 1. The topological polar surface area (TPSA) is 68.4 Å². The summed E-state index contributed by atoms with van der Waals surface area (Å²) in [5, 5.41) is 4.33. The molecule has 2 aromatic rings. The monoisotopic (exact) mass is 424 g/mol. The van der Waals surface area contributed by atoms with Gasteiger partial charge in [-0.05, 0) is 71.7 Å². The molecule has 0 radical (unpaired) electrons. The van der Waals surface area contributed by atoms with Crippen molar-refractivity contribution in [1.82, 2.24) is 20.1 Å². The summed E-state index contributed by atoms with van der Waals surface area (Å²) in [6.07, 6.45) is 7.30. The molecule has 1 fully saturated rings. The molecule has 1 aromatic heterocycles. The number of nitrogens with zero attached hydrogens (tertiary/aromatic N) is 2. The number of amides is 2. The first kappa shape index (κ1) is 23.1. The maximum absolute atomic E-state index is 13.6. The van der Waals surface area contributed by atoms with Crippen molar-refractivity contribution in [3.63, 3.8) is 0 Å². The van der Waals surface area contributed by atoms with Gasteiger partial charge in [-0.2, -0.15) is 0 Å². The first-order valence-electron chi connectivity index (χ1n) is 11.2. The van der Waals surface area contributed by atoms with Gasteiger partial charge in [0.05, 0.1) is 0 Å². The number of benzene rings is 1. The molecule has 0 saturated carbocycles. The van der Waals surface area contributed by atoms with Gasteiger partial charge < -0.3 is 20.1 Å². The molecule has 2 N–H and O–H groups in total. The lowest BCUT2D eigenvalue weighted by Crippen LogP contribution is -2.66. The second-order valence-corrected chi connectivity index (χ2v) is 9.64. The highest BCUT2D eigenvalue weighted by atomic mass is 16.2. The van der Waals surface area contributed by atoms with Gasteiger partial charge in [0.2, 0.25) is 11.8 Å². The van der Waals surface area contributed by atoms with Crippen LogP contribution >= 0.6 is 0 Å². The van der Waals surface area contributed by atoms with Crippen LogP contribution < -0.4 is 5.32 Å². The van der Waals surface area contributed by atoms with Gasteiger partial charge >= 0.3 is 0 Å². The summed E-state index contributed by atoms with van der Waals surface area (Å²) in [5.74, 6) is -0.152. The zero-order valence-corrected chi connectivity index (χ0v) is 19.5. The molecule has 6 heteroatoms. The van der Waals surface area contributed by atoms with Crippen molar-refractivity contribution in [3.05, 3.63) is 48.2 Å². The lowest BCUT2D eigenvalue weighted by molar-refractivity contribution is -0.149. The second-order valence-electron chi connectivity index (χ2n) is 9.64. The van der Waals surface area contributed by atoms with Gasteiger partial charge in [-0.1, -0.05) is 24.3 Å². The second kappa shape index (κ2) is 9.27. The molecule has 31 heavy (non-hydrogen) atoms. The van der Waals surface area contributed by atoms with Gasteiger partial charge in [0.25, 0.3) is 0 Å². The maximum atomic E-state index is 13.6. The van der Waals surface area contributed by atoms with Crippen LogP contribution in [0, 0.1) is 0 Å². The average Bonchev–Trinajstić information content (AvgIpc) is 3.12. The molecule has 1 aliphatic heterocycles. The molecule has 6 nitrogen and oxygen atoms in total. The van der Waals surface area contributed by atoms with E-state index in [9.17, 15) is 9.59 Å². The van der Waals surface area contributed by atoms with E-state index in [-0.39, 0.29) is 17.4 Å². The third-order valence-corrected chi connectivity index (χ3v) is 6.10. The summed E-state index contributed by atoms with van der Waals surface area (Å²) in [6, 6.07) is 8.18. The Kier molecular flexibility index (Phi) is 6.90. The lowest BCUT2D eigenvalue weighted by Gasteiger charge is -2.47. The first-order valence-corrected chi connectivity index (χ1v) is 11.2. The van der Waals surface area contributed by atoms with Gasteiger partial charge in [-0.25, -0.2) is 0 Å². The number of piperidine rings is 1. The molecule has 1 aromatic carbocycles. The van der Waals surface area contributed by atoms with E-state index in [1.54, 1.807) is 12.2 Å². The number of carbonyl (C=O) groups excluding carboxylic acids is 2. The van der Waals surface area contributed by atoms with E-state index in [1.807, 2.05) is 50.9 Å². The molecule has 0 bridgehead atoms. The number of allylic oxidation sites excluding steroid dienone is 1. The van der Waals surface area contributed by atoms with Gasteiger partial charge in [0, 0.05) is 42.3 Å². The Bertz CT molecular complexity index is 946. The zero-order valence-electron chi connectivity index (χ0n) is 19.5. The molecule has 0 unspecified atom stereocenters. The van der Waals surface area contributed by atoms with Crippen molar-refractivity contribution in [2.45, 2.75) is 58.0 Å². The molecule has 2 amide bonds. The van der Waals surface area contributed by atoms with E-state index in [2.05, 4.69) is 34.4 Å². The first-order chi connectivity index (χ1) is 14.7. The molecular formula is C25H36N4O2. The normalized spacial score (nSPS) is 17.2. The van der Waals surface area contributed by atoms with Crippen molar-refractivity contribution in [1.29, 1.82) is 0 Å². The fourth-order valence-electron chi connectivity index (χ4n) is 4.40. The third kappa shape index (κ3) is 5.18. The maximum Gasteiger partial charge on any atom is 0.247 e. The SMILES string of the molecule is C/C=C/C(=O)N(CCc1c[nH]c2ccccc12)C1(C(=O)NC(C)(C)C)CCN(C)CC1. The molecule has 0 atom stereocenters. The van der Waals surface area contributed by atoms with Crippen LogP contribution in [0.15, 0.2) is 42.6 Å². The Balaban J connectivity index is 1.94. The van der Waals surface area contributed by atoms with Gasteiger partial charge in [-0.3, -0.25) is 9.59 Å². The van der Waals surface area contributed by atoms with E-state index in [0.717, 1.165) is 29.6 Å². The lowest BCUT2D eigenvalue weighted by atomic mass is 9.83. The number of aromatic nitrogens is 1. The smallest absolute Gasteiger partial charge is 0.247 e. The van der Waals surface area contributed by atoms with E-state index in [4.69, 9.17) is 0 Å². The van der Waals surface area contributed by atoms with E-state index in [0.29, 0.717) is 25.8 Å². The quantitative estimate of drug-likeness (QED) is 0.698. The molecule has 3 rings (SSSR count). The van der Waals surface area contributed by atoms with Crippen molar-refractivity contribution in [2.75, 3.05) is 26.7 Å². The number of para-hydroxylation sites is 1. The molecule has 1 aliphatic rings. The van der Waals surface area contributed by atoms with Crippen LogP contribution in [0.3, 0.4) is 0 Å². The summed E-state index contributed by atoms with van der Waals surface area (Å²) in [5.41, 5.74) is 1.04. The zero-order chi connectivity index (χ0) is 22.6. The van der Waals surface area contributed by atoms with E-state index in [1.165, 1.54) is 0 Å². The molecule has 2 heterocycles. The Morgan fingerprint density at radius 2 is 1.90 bits per heavy atom. The van der Waals surface area contributed by atoms with Crippen LogP contribution in [-0.4, -0.2) is 64.4 Å². The predicted octanol–water partition coefficient (Wildman–Crippen LogP) is 3.49. The van der Waals surface area contributed by atoms with Crippen LogP contribution in [0.1, 0.15) is 46.1 Å². The highest BCUT2D eigenvalue weighted by molar-refractivity contribution is 5.96. The highest BCUT2D eigenvalue weighted by Gasteiger charge is 2.48. The summed E-state index contributed by atoms with van der Waals surface area (Å²) in [4.78, 5) is 34.2. The Hall–Kier alpha value is -2.60. The molecule has 1 saturated heterocycles. The number of hydrogen-bond donors (Lipinski definition) is 2. The van der Waals surface area contributed by atoms with E-state index < -0.39 is 5.54 Å². The fraction of sp³-hybridized carbons (Fsp3) is 0.520. The summed E-state index contributed by atoms with van der Waals surface area (Å²) in [7, 11) is 2.07. The van der Waals surface area contributed by atoms with Crippen LogP contribution in [0.5, 0.6) is 0 Å². The number of H-pyrrole nitrogens is 1. The van der Waals surface area contributed by atoms with Crippen molar-refractivity contribution in [2.24, 2.45) is 0 Å². The summed E-state index contributed by atoms with van der Waals surface area (Å²) < 4.78 is 0. The van der Waals surface area contributed by atoms with Crippen molar-refractivity contribution < 1.29 is 9.59 Å². The molecule has 0 spiro atoms. The molecular weight excluding hydrogens is 388 g/mol. The van der Waals surface area contributed by atoms with Crippen LogP contribution in [0.2, 0.25) is 0 Å². The third-order valence-electron chi connectivity index (χ3n) is 6.10. The largest absolute Gasteiger partial charge is 0.361 e. The van der Waals surface area contributed by atoms with Crippen LogP contribution in [-0.2, 0) is 16.0 Å². The number of likely N-dealkylation sites (tertiary alicyclic amines) is 1. The standard InChI is InChI=1S/C25H36N4O2/c1-6-9-22(30)29(15-12-19-18-26-21-11-8-7-10-20(19)21)25(13-16-28(5)17-14-25)23(31)27-24(2,3)4/h6-11,18,26H,12-17H2,1-5H3,(H,27,31)/b9-6+. The van der Waals surface area contributed by atoms with Gasteiger partial charge in [0.15, 0.2) is 0 Å². The number of rotatable bonds is 6. The fourth-order valence-corrected chi connectivity index (χ4v) is 4.40. The predicted molar refractivity (Wildman–Crippen MR) is 126 cm³/mol. The van der Waals surface area contributed by atoms with Gasteiger partial charge in [-0.15, -0.1) is 0 Å². The van der Waals surface area contributed by atoms with Crippen LogP contribution in [0.4, 0.5) is 0 Å². The Morgan fingerprint density at radius 3 is 2.55 bits per heavy atom. The summed E-state index contributed by atoms with van der Waals surface area (Å²) in [6.45, 7) is 9.85. The minimum absolute atomic E-state index is 0.0510. The van der Waals surface area contributed by atoms with Crippen molar-refractivity contribution in [3.8, 4) is 0 Å². The number of aromatic amines is 1. The minimum atomic E-state index is -0.845. The molecule has 0 aliphatic carbocycles. The average molecular weight is 425 g/mol. The summed E-state index contributed by atoms with van der Waals surface area (Å²) >= 11 is 0. The van der Waals surface area contributed by atoms with Crippen molar-refractivity contribution >= 4 is 22.7 Å². The number of nitrogens with one attached hydrogen (secondary N) is 2. The van der Waals surface area contributed by atoms with Gasteiger partial charge in [0.1, 0.15) is 5.54 Å². The van der Waals surface area contributed by atoms with E-state index >= 15 is 0 Å². The Labute approximate surface area is 185 Å².